The number of para-hydroxylation sites is 2. The molecule has 45 heavy (non-hydrogen) atoms. The number of nitrogens with zero attached hydrogens (tertiary/aromatic N) is 1. The van der Waals surface area contributed by atoms with Crippen molar-refractivity contribution < 1.29 is 18.8 Å². The van der Waals surface area contributed by atoms with Gasteiger partial charge in [0.05, 0.1) is 25.0 Å². The van der Waals surface area contributed by atoms with E-state index in [1.165, 1.54) is 0 Å². The minimum Gasteiger partial charge on any atom is -0.468 e. The molecule has 4 amide bonds. The Morgan fingerprint density at radius 2 is 1.71 bits per heavy atom. The maximum absolute atomic E-state index is 14.1. The highest BCUT2D eigenvalue weighted by Crippen LogP contribution is 2.31. The molecule has 1 aliphatic rings. The van der Waals surface area contributed by atoms with Crippen LogP contribution in [-0.2, 0) is 29.1 Å². The molecule has 0 spiro atoms. The van der Waals surface area contributed by atoms with Gasteiger partial charge in [0.15, 0.2) is 0 Å². The summed E-state index contributed by atoms with van der Waals surface area (Å²) in [5.74, 6) is 0.499. The van der Waals surface area contributed by atoms with Crippen LogP contribution < -0.4 is 26.2 Å². The van der Waals surface area contributed by atoms with Gasteiger partial charge in [-0.2, -0.15) is 0 Å². The van der Waals surface area contributed by atoms with Crippen molar-refractivity contribution in [1.29, 1.82) is 0 Å². The zero-order valence-corrected chi connectivity index (χ0v) is 26.1. The molecule has 1 aromatic heterocycles. The van der Waals surface area contributed by atoms with Crippen LogP contribution in [0.15, 0.2) is 95.6 Å². The molecular formula is C36H41N5O4. The first-order valence-electron chi connectivity index (χ1n) is 15.4. The van der Waals surface area contributed by atoms with E-state index in [2.05, 4.69) is 27.3 Å². The van der Waals surface area contributed by atoms with Gasteiger partial charge in [-0.05, 0) is 74.1 Å². The van der Waals surface area contributed by atoms with Gasteiger partial charge in [0, 0.05) is 30.3 Å². The van der Waals surface area contributed by atoms with Gasteiger partial charge in [-0.25, -0.2) is 4.79 Å². The van der Waals surface area contributed by atoms with Gasteiger partial charge in [0.2, 0.25) is 11.8 Å². The molecule has 2 heterocycles. The van der Waals surface area contributed by atoms with E-state index in [4.69, 9.17) is 4.42 Å². The zero-order valence-electron chi connectivity index (χ0n) is 26.1. The summed E-state index contributed by atoms with van der Waals surface area (Å²) in [5.41, 5.74) is 4.98. The normalized spacial score (nSPS) is 15.0. The number of hydrogen-bond donors (Lipinski definition) is 4. The van der Waals surface area contributed by atoms with Gasteiger partial charge in [-0.3, -0.25) is 9.59 Å². The first-order chi connectivity index (χ1) is 21.7. The van der Waals surface area contributed by atoms with E-state index in [0.29, 0.717) is 25.2 Å². The van der Waals surface area contributed by atoms with Crippen LogP contribution >= 0.6 is 0 Å². The van der Waals surface area contributed by atoms with Crippen LogP contribution in [0.1, 0.15) is 50.0 Å². The van der Waals surface area contributed by atoms with Crippen molar-refractivity contribution in [3.8, 4) is 11.1 Å². The third kappa shape index (κ3) is 8.19. The summed E-state index contributed by atoms with van der Waals surface area (Å²) in [7, 11) is 1.58. The fourth-order valence-electron chi connectivity index (χ4n) is 5.66. The number of anilines is 2. The lowest BCUT2D eigenvalue weighted by Gasteiger charge is -2.33. The van der Waals surface area contributed by atoms with E-state index in [0.717, 1.165) is 46.5 Å². The van der Waals surface area contributed by atoms with Crippen LogP contribution in [-0.4, -0.2) is 36.5 Å². The van der Waals surface area contributed by atoms with Gasteiger partial charge in [-0.15, -0.1) is 0 Å². The smallest absolute Gasteiger partial charge is 0.318 e. The SMILES string of the molecule is CNC(=O)Nc1ccccc1-c1ccc(CN2C(=O)[C@@H](NC(=O)CC(C)(C)NCc3ccco3)CCCc3ccccc32)cc1. The Labute approximate surface area is 264 Å². The lowest BCUT2D eigenvalue weighted by Crippen LogP contribution is -2.51. The summed E-state index contributed by atoms with van der Waals surface area (Å²) in [5, 5.41) is 11.9. The number of carbonyl (C=O) groups excluding carboxylic acids is 3. The standard InChI is InChI=1S/C36H41N5O4/c1-36(2,38-23-28-12-9-21-45-28)22-33(42)39-31-15-8-11-27-10-4-7-16-32(27)41(34(31)43)24-25-17-19-26(20-18-25)29-13-5-6-14-30(29)40-35(44)37-3/h4-7,9-10,12-14,16-21,31,38H,8,11,15,22-24H2,1-3H3,(H,39,42)(H2,37,40,44)/t31-/m0/s1. The van der Waals surface area contributed by atoms with Crippen LogP contribution in [0.25, 0.3) is 11.1 Å². The number of rotatable bonds is 10. The summed E-state index contributed by atoms with van der Waals surface area (Å²) < 4.78 is 5.41. The Kier molecular flexibility index (Phi) is 9.99. The lowest BCUT2D eigenvalue weighted by atomic mass is 9.96. The van der Waals surface area contributed by atoms with Gasteiger partial charge < -0.3 is 30.6 Å². The van der Waals surface area contributed by atoms with E-state index >= 15 is 0 Å². The van der Waals surface area contributed by atoms with Crippen molar-refractivity contribution >= 4 is 29.2 Å². The van der Waals surface area contributed by atoms with Crippen LogP contribution in [0.4, 0.5) is 16.2 Å². The predicted molar refractivity (Wildman–Crippen MR) is 177 cm³/mol. The number of hydrogen-bond acceptors (Lipinski definition) is 5. The monoisotopic (exact) mass is 607 g/mol. The number of carbonyl (C=O) groups is 3. The molecular weight excluding hydrogens is 566 g/mol. The second-order valence-corrected chi connectivity index (χ2v) is 12.0. The minimum absolute atomic E-state index is 0.124. The number of furan rings is 1. The van der Waals surface area contributed by atoms with Crippen molar-refractivity contribution in [1.82, 2.24) is 16.0 Å². The fourth-order valence-corrected chi connectivity index (χ4v) is 5.66. The molecule has 9 nitrogen and oxygen atoms in total. The Balaban J connectivity index is 1.32. The molecule has 0 unspecified atom stereocenters. The topological polar surface area (TPSA) is 116 Å². The first-order valence-corrected chi connectivity index (χ1v) is 15.4. The zero-order chi connectivity index (χ0) is 31.8. The molecule has 0 bridgehead atoms. The number of urea groups is 1. The Morgan fingerprint density at radius 3 is 2.47 bits per heavy atom. The van der Waals surface area contributed by atoms with Gasteiger partial charge in [0.25, 0.3) is 0 Å². The summed E-state index contributed by atoms with van der Waals surface area (Å²) in [6, 6.07) is 26.4. The van der Waals surface area contributed by atoms with Crippen molar-refractivity contribution in [2.24, 2.45) is 0 Å². The molecule has 0 aliphatic carbocycles. The quantitative estimate of drug-likeness (QED) is 0.176. The van der Waals surface area contributed by atoms with E-state index in [1.807, 2.05) is 92.7 Å². The number of amides is 4. The molecule has 1 aliphatic heterocycles. The molecule has 9 heteroatoms. The highest BCUT2D eigenvalue weighted by atomic mass is 16.3. The molecule has 4 aromatic rings. The predicted octanol–water partition coefficient (Wildman–Crippen LogP) is 6.01. The van der Waals surface area contributed by atoms with E-state index in [1.54, 1.807) is 18.2 Å². The first kappa shape index (κ1) is 31.5. The van der Waals surface area contributed by atoms with Crippen molar-refractivity contribution in [2.45, 2.75) is 64.2 Å². The third-order valence-electron chi connectivity index (χ3n) is 8.05. The van der Waals surface area contributed by atoms with Crippen molar-refractivity contribution in [2.75, 3.05) is 17.3 Å². The minimum atomic E-state index is -0.631. The van der Waals surface area contributed by atoms with Crippen molar-refractivity contribution in [3.05, 3.63) is 108 Å². The maximum Gasteiger partial charge on any atom is 0.318 e. The molecule has 5 rings (SSSR count). The molecule has 0 saturated heterocycles. The lowest BCUT2D eigenvalue weighted by molar-refractivity contribution is -0.128. The van der Waals surface area contributed by atoms with E-state index < -0.39 is 11.6 Å². The number of aryl methyl sites for hydroxylation is 1. The highest BCUT2D eigenvalue weighted by molar-refractivity contribution is 6.00. The second kappa shape index (κ2) is 14.3. The molecule has 234 valence electrons. The number of fused-ring (bicyclic) bond motifs is 1. The van der Waals surface area contributed by atoms with E-state index in [9.17, 15) is 14.4 Å². The second-order valence-electron chi connectivity index (χ2n) is 12.0. The molecule has 4 N–H and O–H groups in total. The van der Waals surface area contributed by atoms with Gasteiger partial charge in [-0.1, -0.05) is 60.7 Å². The maximum atomic E-state index is 14.1. The number of benzene rings is 3. The summed E-state index contributed by atoms with van der Waals surface area (Å²) in [6.07, 6.45) is 4.01. The van der Waals surface area contributed by atoms with Crippen LogP contribution in [0, 0.1) is 0 Å². The third-order valence-corrected chi connectivity index (χ3v) is 8.05. The van der Waals surface area contributed by atoms with Crippen LogP contribution in [0.2, 0.25) is 0 Å². The summed E-state index contributed by atoms with van der Waals surface area (Å²) in [6.45, 7) is 4.80. The Hall–Kier alpha value is -4.89. The van der Waals surface area contributed by atoms with E-state index in [-0.39, 0.29) is 24.3 Å². The average Bonchev–Trinajstić information content (AvgIpc) is 3.56. The van der Waals surface area contributed by atoms with Crippen molar-refractivity contribution in [3.63, 3.8) is 0 Å². The van der Waals surface area contributed by atoms with Gasteiger partial charge in [0.1, 0.15) is 11.8 Å². The summed E-state index contributed by atoms with van der Waals surface area (Å²) in [4.78, 5) is 41.2. The van der Waals surface area contributed by atoms with Gasteiger partial charge >= 0.3 is 6.03 Å². The average molecular weight is 608 g/mol. The molecule has 0 saturated carbocycles. The molecule has 1 atom stereocenters. The molecule has 3 aromatic carbocycles. The Morgan fingerprint density at radius 1 is 0.956 bits per heavy atom. The number of nitrogens with one attached hydrogen (secondary N) is 4. The van der Waals surface area contributed by atoms with Crippen LogP contribution in [0.5, 0.6) is 0 Å². The molecule has 0 radical (unpaired) electrons. The largest absolute Gasteiger partial charge is 0.468 e. The molecule has 0 fully saturated rings. The highest BCUT2D eigenvalue weighted by Gasteiger charge is 2.31. The summed E-state index contributed by atoms with van der Waals surface area (Å²) >= 11 is 0. The van der Waals surface area contributed by atoms with Crippen LogP contribution in [0.3, 0.4) is 0 Å². The fraction of sp³-hybridized carbons (Fsp3) is 0.306. The Bertz CT molecular complexity index is 1610.